The van der Waals surface area contributed by atoms with Crippen molar-refractivity contribution in [3.63, 3.8) is 0 Å². The molecule has 0 aliphatic carbocycles. The number of hydrogen-bond acceptors (Lipinski definition) is 0. The Bertz CT molecular complexity index is 42.0. The van der Waals surface area contributed by atoms with Crippen molar-refractivity contribution < 1.29 is 0 Å². The molecule has 2 radical (unpaired) electrons. The molecule has 0 aromatic heterocycles. The summed E-state index contributed by atoms with van der Waals surface area (Å²) in [5.41, 5.74) is 0. The summed E-state index contributed by atoms with van der Waals surface area (Å²) < 4.78 is 0. The van der Waals surface area contributed by atoms with E-state index in [9.17, 15) is 0 Å². The van der Waals surface area contributed by atoms with Gasteiger partial charge in [0, 0.05) is 0 Å². The fraction of sp³-hybridized carbons (Fsp3) is 0. The lowest BCUT2D eigenvalue weighted by Gasteiger charge is -1.55. The summed E-state index contributed by atoms with van der Waals surface area (Å²) in [6, 6.07) is 0. The summed E-state index contributed by atoms with van der Waals surface area (Å²) in [5.74, 6) is 0. The highest BCUT2D eigenvalue weighted by molar-refractivity contribution is 4.98. The molecule has 0 heterocycles. The van der Waals surface area contributed by atoms with Crippen molar-refractivity contribution in [2.45, 2.75) is 0 Å². The Kier molecular flexibility index (Phi) is 3.12. The van der Waals surface area contributed by atoms with Crippen molar-refractivity contribution in [3.05, 3.63) is 31.7 Å². The van der Waals surface area contributed by atoms with Gasteiger partial charge in [-0.15, -0.1) is 0 Å². The van der Waals surface area contributed by atoms with E-state index in [1.54, 1.807) is 12.2 Å². The maximum Gasteiger partial charge on any atom is -0.00925 e. The first kappa shape index (κ1) is 4.48. The highest BCUT2D eigenvalue weighted by atomic mass is 13.5. The molecule has 26 valence electrons. The molecule has 0 bridgehead atoms. The highest BCUT2D eigenvalue weighted by Gasteiger charge is 1.42. The molecule has 0 heteroatoms. The minimum atomic E-state index is 1.44. The van der Waals surface area contributed by atoms with E-state index in [2.05, 4.69) is 6.58 Å². The van der Waals surface area contributed by atoms with Gasteiger partial charge in [0.05, 0.1) is 0 Å². The molecular weight excluding hydrogens is 60.1 g/mol. The average molecular weight is 66.1 g/mol. The van der Waals surface area contributed by atoms with Crippen LogP contribution in [0.5, 0.6) is 0 Å². The Balaban J connectivity index is 2.92. The molecule has 0 saturated heterocycles. The first-order chi connectivity index (χ1) is 2.41. The molecule has 0 spiro atoms. The zero-order valence-corrected chi connectivity index (χ0v) is 3.02. The van der Waals surface area contributed by atoms with Crippen molar-refractivity contribution in [1.82, 2.24) is 0 Å². The maximum absolute atomic E-state index is 4.89. The Morgan fingerprint density at radius 3 is 2.20 bits per heavy atom. The molecule has 0 fully saturated rings. The largest absolute Gasteiger partial charge is 0.0991 e. The van der Waals surface area contributed by atoms with Gasteiger partial charge in [0.2, 0.25) is 0 Å². The van der Waals surface area contributed by atoms with Gasteiger partial charge in [-0.3, -0.25) is 0 Å². The second kappa shape index (κ2) is 3.48. The van der Waals surface area contributed by atoms with E-state index in [1.807, 2.05) is 0 Å². The third-order valence-corrected chi connectivity index (χ3v) is 0.247. The number of rotatable bonds is 1. The molecule has 5 heavy (non-hydrogen) atoms. The SMILES string of the molecule is [CH]C=CC=C. The predicted octanol–water partition coefficient (Wildman–Crippen LogP) is 1.44. The minimum Gasteiger partial charge on any atom is -0.0991 e. The Morgan fingerprint density at radius 2 is 2.20 bits per heavy atom. The van der Waals surface area contributed by atoms with Gasteiger partial charge >= 0.3 is 0 Å². The predicted molar refractivity (Wildman–Crippen MR) is 23.6 cm³/mol. The summed E-state index contributed by atoms with van der Waals surface area (Å²) in [6.07, 6.45) is 4.73. The van der Waals surface area contributed by atoms with Crippen LogP contribution >= 0.6 is 0 Å². The van der Waals surface area contributed by atoms with Crippen molar-refractivity contribution in [2.24, 2.45) is 0 Å². The Morgan fingerprint density at radius 1 is 1.60 bits per heavy atom. The van der Waals surface area contributed by atoms with E-state index in [0.29, 0.717) is 0 Å². The molecule has 0 aliphatic heterocycles. The molecule has 0 aliphatic rings. The van der Waals surface area contributed by atoms with Crippen LogP contribution in [0.25, 0.3) is 0 Å². The van der Waals surface area contributed by atoms with Gasteiger partial charge in [-0.25, -0.2) is 0 Å². The molecule has 0 aromatic rings. The molecule has 0 saturated carbocycles. The summed E-state index contributed by atoms with van der Waals surface area (Å²) in [5, 5.41) is 0. The van der Waals surface area contributed by atoms with Crippen molar-refractivity contribution in [3.8, 4) is 0 Å². The van der Waals surface area contributed by atoms with Gasteiger partial charge in [0.25, 0.3) is 0 Å². The van der Waals surface area contributed by atoms with E-state index in [0.717, 1.165) is 0 Å². The molecular formula is C5H6. The fourth-order valence-electron chi connectivity index (χ4n) is 0.0786. The van der Waals surface area contributed by atoms with E-state index in [-0.39, 0.29) is 0 Å². The van der Waals surface area contributed by atoms with Crippen LogP contribution in [0, 0.1) is 6.92 Å². The van der Waals surface area contributed by atoms with Gasteiger partial charge in [-0.05, 0) is 6.92 Å². The van der Waals surface area contributed by atoms with E-state index < -0.39 is 0 Å². The molecule has 0 rings (SSSR count). The third kappa shape index (κ3) is 3.48. The minimum absolute atomic E-state index is 1.44. The van der Waals surface area contributed by atoms with Gasteiger partial charge in [0.15, 0.2) is 0 Å². The zero-order chi connectivity index (χ0) is 4.12. The molecule has 0 amide bonds. The van der Waals surface area contributed by atoms with Crippen molar-refractivity contribution in [1.29, 1.82) is 0 Å². The topological polar surface area (TPSA) is 0 Å². The van der Waals surface area contributed by atoms with Crippen LogP contribution in [-0.2, 0) is 0 Å². The second-order valence-corrected chi connectivity index (χ2v) is 0.621. The van der Waals surface area contributed by atoms with E-state index in [1.165, 1.54) is 6.08 Å². The summed E-state index contributed by atoms with van der Waals surface area (Å²) >= 11 is 0. The van der Waals surface area contributed by atoms with E-state index >= 15 is 0 Å². The lowest BCUT2D eigenvalue weighted by Crippen LogP contribution is -1.34. The summed E-state index contributed by atoms with van der Waals surface area (Å²) in [4.78, 5) is 0. The van der Waals surface area contributed by atoms with Crippen LogP contribution in [0.4, 0.5) is 0 Å². The first-order valence-corrected chi connectivity index (χ1v) is 1.41. The van der Waals surface area contributed by atoms with Gasteiger partial charge in [-0.2, -0.15) is 0 Å². The smallest absolute Gasteiger partial charge is 0.00925 e. The zero-order valence-electron chi connectivity index (χ0n) is 3.02. The quantitative estimate of drug-likeness (QED) is 0.406. The molecule has 0 atom stereocenters. The van der Waals surface area contributed by atoms with Crippen LogP contribution in [0.15, 0.2) is 24.8 Å². The van der Waals surface area contributed by atoms with Crippen LogP contribution < -0.4 is 0 Å². The van der Waals surface area contributed by atoms with Crippen LogP contribution in [0.1, 0.15) is 0 Å². The third-order valence-electron chi connectivity index (χ3n) is 0.247. The lowest BCUT2D eigenvalue weighted by molar-refractivity contribution is 1.99. The lowest BCUT2D eigenvalue weighted by atomic mass is 10.5. The van der Waals surface area contributed by atoms with Crippen molar-refractivity contribution in [2.75, 3.05) is 0 Å². The summed E-state index contributed by atoms with van der Waals surface area (Å²) in [7, 11) is 0. The van der Waals surface area contributed by atoms with Gasteiger partial charge < -0.3 is 0 Å². The van der Waals surface area contributed by atoms with Gasteiger partial charge in [-0.1, -0.05) is 24.8 Å². The van der Waals surface area contributed by atoms with Gasteiger partial charge in [0.1, 0.15) is 0 Å². The van der Waals surface area contributed by atoms with Crippen LogP contribution in [0.2, 0.25) is 0 Å². The molecule has 0 unspecified atom stereocenters. The van der Waals surface area contributed by atoms with Crippen LogP contribution in [-0.4, -0.2) is 0 Å². The Hall–Kier alpha value is -0.520. The van der Waals surface area contributed by atoms with Crippen molar-refractivity contribution >= 4 is 0 Å². The average Bonchev–Trinajstić information content (AvgIpc) is 1.41. The number of allylic oxidation sites excluding steroid dienone is 3. The molecule has 0 nitrogen and oxygen atoms in total. The molecule has 0 aromatic carbocycles. The second-order valence-electron chi connectivity index (χ2n) is 0.621. The number of hydrogen-bond donors (Lipinski definition) is 0. The summed E-state index contributed by atoms with van der Waals surface area (Å²) in [6.45, 7) is 8.27. The van der Waals surface area contributed by atoms with E-state index in [4.69, 9.17) is 6.92 Å². The van der Waals surface area contributed by atoms with Crippen LogP contribution in [0.3, 0.4) is 0 Å². The maximum atomic E-state index is 4.89. The first-order valence-electron chi connectivity index (χ1n) is 1.41. The Labute approximate surface area is 32.8 Å². The normalized spacial score (nSPS) is 9.00. The highest BCUT2D eigenvalue weighted by Crippen LogP contribution is 1.63. The standard InChI is InChI=1S/C5H6/c1-3-5-4-2/h1,3-5H,2H2. The monoisotopic (exact) mass is 66.0 g/mol. The fourth-order valence-corrected chi connectivity index (χ4v) is 0.0786. The molecule has 0 N–H and O–H groups in total.